The van der Waals surface area contributed by atoms with Crippen LogP contribution in [0.5, 0.6) is 0 Å². The normalized spacial score (nSPS) is 12.5. The van der Waals surface area contributed by atoms with E-state index in [1.165, 1.54) is 5.56 Å². The number of hydrogen-bond acceptors (Lipinski definition) is 1. The minimum atomic E-state index is -0.641. The molecule has 0 aliphatic rings. The first-order chi connectivity index (χ1) is 7.33. The summed E-state index contributed by atoms with van der Waals surface area (Å²) >= 11 is 0. The molecule has 0 aliphatic carbocycles. The predicted octanol–water partition coefficient (Wildman–Crippen LogP) is 2.56. The van der Waals surface area contributed by atoms with Crippen molar-refractivity contribution in [3.05, 3.63) is 48.0 Å². The average molecular weight is 200 g/mol. The minimum Gasteiger partial charge on any atom is -0.380 e. The smallest absolute Gasteiger partial charge is 0.117 e. The Bertz CT molecular complexity index is 332. The first-order valence-electron chi connectivity index (χ1n) is 5.16. The Labute approximate surface area is 91.5 Å². The second-order valence-corrected chi connectivity index (χ2v) is 3.41. The summed E-state index contributed by atoms with van der Waals surface area (Å²) in [6.45, 7) is 0. The zero-order valence-electron chi connectivity index (χ0n) is 8.76. The van der Waals surface area contributed by atoms with Gasteiger partial charge in [0.1, 0.15) is 6.10 Å². The van der Waals surface area contributed by atoms with Crippen molar-refractivity contribution >= 4 is 0 Å². The maximum atomic E-state index is 9.09. The quantitative estimate of drug-likeness (QED) is 0.572. The second-order valence-electron chi connectivity index (χ2n) is 3.41. The van der Waals surface area contributed by atoms with Crippen molar-refractivity contribution in [3.63, 3.8) is 0 Å². The summed E-state index contributed by atoms with van der Waals surface area (Å²) in [5.41, 5.74) is 1.33. The van der Waals surface area contributed by atoms with Gasteiger partial charge in [-0.25, -0.2) is 0 Å². The molecule has 0 bridgehead atoms. The van der Waals surface area contributed by atoms with Crippen LogP contribution in [0.15, 0.2) is 42.5 Å². The van der Waals surface area contributed by atoms with E-state index in [0.29, 0.717) is 6.42 Å². The number of aliphatic hydroxyl groups is 1. The fourth-order valence-corrected chi connectivity index (χ4v) is 1.31. The van der Waals surface area contributed by atoms with Crippen molar-refractivity contribution in [1.82, 2.24) is 0 Å². The number of allylic oxidation sites excluding steroid dienone is 1. The van der Waals surface area contributed by atoms with Gasteiger partial charge in [0.25, 0.3) is 0 Å². The molecule has 0 spiro atoms. The van der Waals surface area contributed by atoms with Crippen LogP contribution < -0.4 is 0 Å². The van der Waals surface area contributed by atoms with Crippen molar-refractivity contribution in [2.45, 2.75) is 25.4 Å². The van der Waals surface area contributed by atoms with Crippen LogP contribution in [0, 0.1) is 12.3 Å². The van der Waals surface area contributed by atoms with Crippen molar-refractivity contribution in [2.75, 3.05) is 0 Å². The molecule has 0 saturated carbocycles. The Morgan fingerprint density at radius 1 is 1.27 bits per heavy atom. The van der Waals surface area contributed by atoms with Gasteiger partial charge in [0.2, 0.25) is 0 Å². The van der Waals surface area contributed by atoms with Crippen LogP contribution in [0.3, 0.4) is 0 Å². The molecule has 78 valence electrons. The molecule has 1 aromatic rings. The number of terminal acetylenes is 1. The Morgan fingerprint density at radius 2 is 2.00 bits per heavy atom. The zero-order chi connectivity index (χ0) is 10.9. The van der Waals surface area contributed by atoms with E-state index < -0.39 is 6.10 Å². The van der Waals surface area contributed by atoms with Gasteiger partial charge in [0, 0.05) is 6.42 Å². The summed E-state index contributed by atoms with van der Waals surface area (Å²) in [5.74, 6) is 2.28. The molecule has 1 aromatic carbocycles. The molecule has 1 heteroatoms. The van der Waals surface area contributed by atoms with E-state index in [9.17, 15) is 0 Å². The van der Waals surface area contributed by atoms with Crippen LogP contribution in [0.1, 0.15) is 18.4 Å². The number of rotatable bonds is 5. The molecule has 0 amide bonds. The molecule has 0 aromatic heterocycles. The lowest BCUT2D eigenvalue weighted by Crippen LogP contribution is -1.98. The predicted molar refractivity (Wildman–Crippen MR) is 63.4 cm³/mol. The fraction of sp³-hybridized carbons (Fsp3) is 0.286. The Kier molecular flexibility index (Phi) is 5.29. The first-order valence-corrected chi connectivity index (χ1v) is 5.16. The summed E-state index contributed by atoms with van der Waals surface area (Å²) in [5, 5.41) is 9.09. The lowest BCUT2D eigenvalue weighted by Gasteiger charge is -1.98. The van der Waals surface area contributed by atoms with Gasteiger partial charge < -0.3 is 5.11 Å². The first kappa shape index (κ1) is 11.6. The van der Waals surface area contributed by atoms with Crippen LogP contribution in [0.4, 0.5) is 0 Å². The molecule has 0 radical (unpaired) electrons. The fourth-order valence-electron chi connectivity index (χ4n) is 1.31. The van der Waals surface area contributed by atoms with Gasteiger partial charge in [-0.2, -0.15) is 0 Å². The van der Waals surface area contributed by atoms with Gasteiger partial charge in [-0.3, -0.25) is 0 Å². The molecular weight excluding hydrogens is 184 g/mol. The van der Waals surface area contributed by atoms with Gasteiger partial charge in [0.15, 0.2) is 0 Å². The highest BCUT2D eigenvalue weighted by Crippen LogP contribution is 2.03. The SMILES string of the molecule is C#CC(O)C/C=C\CCc1ccccc1. The monoisotopic (exact) mass is 200 g/mol. The lowest BCUT2D eigenvalue weighted by atomic mass is 10.1. The van der Waals surface area contributed by atoms with E-state index in [-0.39, 0.29) is 0 Å². The van der Waals surface area contributed by atoms with E-state index in [1.54, 1.807) is 0 Å². The van der Waals surface area contributed by atoms with Crippen molar-refractivity contribution in [1.29, 1.82) is 0 Å². The summed E-state index contributed by atoms with van der Waals surface area (Å²) in [7, 11) is 0. The van der Waals surface area contributed by atoms with Crippen LogP contribution in [0.2, 0.25) is 0 Å². The molecular formula is C14H16O. The standard InChI is InChI=1S/C14H16O/c1-2-14(15)12-8-4-7-11-13-9-5-3-6-10-13/h1,3-6,8-10,14-15H,7,11-12H2/b8-4-. The van der Waals surface area contributed by atoms with Crippen molar-refractivity contribution < 1.29 is 5.11 Å². The summed E-state index contributed by atoms with van der Waals surface area (Å²) in [6.07, 6.45) is 11.0. The second kappa shape index (κ2) is 6.86. The molecule has 1 N–H and O–H groups in total. The van der Waals surface area contributed by atoms with Crippen LogP contribution in [-0.4, -0.2) is 11.2 Å². The van der Waals surface area contributed by atoms with Gasteiger partial charge in [-0.15, -0.1) is 6.42 Å². The van der Waals surface area contributed by atoms with E-state index in [1.807, 2.05) is 24.3 Å². The molecule has 15 heavy (non-hydrogen) atoms. The van der Waals surface area contributed by atoms with Gasteiger partial charge in [-0.1, -0.05) is 48.4 Å². The van der Waals surface area contributed by atoms with Crippen LogP contribution in [-0.2, 0) is 6.42 Å². The van der Waals surface area contributed by atoms with E-state index in [2.05, 4.69) is 24.1 Å². The highest BCUT2D eigenvalue weighted by molar-refractivity contribution is 5.15. The molecule has 0 fully saturated rings. The Hall–Kier alpha value is -1.52. The summed E-state index contributed by atoms with van der Waals surface area (Å²) < 4.78 is 0. The minimum absolute atomic E-state index is 0.547. The van der Waals surface area contributed by atoms with E-state index in [4.69, 9.17) is 11.5 Å². The number of aryl methyl sites for hydroxylation is 1. The molecule has 1 rings (SSSR count). The third-order valence-electron chi connectivity index (χ3n) is 2.16. The molecule has 1 nitrogen and oxygen atoms in total. The van der Waals surface area contributed by atoms with E-state index in [0.717, 1.165) is 12.8 Å². The molecule has 1 unspecified atom stereocenters. The molecule has 1 atom stereocenters. The topological polar surface area (TPSA) is 20.2 Å². The number of hydrogen-bond donors (Lipinski definition) is 1. The van der Waals surface area contributed by atoms with Crippen molar-refractivity contribution in [3.8, 4) is 12.3 Å². The van der Waals surface area contributed by atoms with Gasteiger partial charge in [0.05, 0.1) is 0 Å². The maximum absolute atomic E-state index is 9.09. The number of aliphatic hydroxyl groups excluding tert-OH is 1. The maximum Gasteiger partial charge on any atom is 0.117 e. The number of benzene rings is 1. The van der Waals surface area contributed by atoms with Crippen molar-refractivity contribution in [2.24, 2.45) is 0 Å². The lowest BCUT2D eigenvalue weighted by molar-refractivity contribution is 0.236. The highest BCUT2D eigenvalue weighted by atomic mass is 16.3. The van der Waals surface area contributed by atoms with E-state index >= 15 is 0 Å². The zero-order valence-corrected chi connectivity index (χ0v) is 8.76. The molecule has 0 saturated heterocycles. The largest absolute Gasteiger partial charge is 0.380 e. The molecule has 0 heterocycles. The summed E-state index contributed by atoms with van der Waals surface area (Å²) in [4.78, 5) is 0. The highest BCUT2D eigenvalue weighted by Gasteiger charge is 1.92. The van der Waals surface area contributed by atoms with Crippen LogP contribution in [0.25, 0.3) is 0 Å². The Balaban J connectivity index is 2.20. The molecule has 0 aliphatic heterocycles. The summed E-state index contributed by atoms with van der Waals surface area (Å²) in [6, 6.07) is 10.3. The van der Waals surface area contributed by atoms with Crippen LogP contribution >= 0.6 is 0 Å². The van der Waals surface area contributed by atoms with Gasteiger partial charge >= 0.3 is 0 Å². The third-order valence-corrected chi connectivity index (χ3v) is 2.16. The van der Waals surface area contributed by atoms with Gasteiger partial charge in [-0.05, 0) is 18.4 Å². The Morgan fingerprint density at radius 3 is 2.67 bits per heavy atom. The average Bonchev–Trinajstić information content (AvgIpc) is 2.29. The third kappa shape index (κ3) is 5.05.